The highest BCUT2D eigenvalue weighted by Crippen LogP contribution is 2.31. The third kappa shape index (κ3) is 2.37. The van der Waals surface area contributed by atoms with E-state index in [-0.39, 0.29) is 0 Å². The molecular formula is C11H14FN3O6. The molecule has 1 aliphatic rings. The molecule has 1 fully saturated rings. The molecule has 116 valence electrons. The van der Waals surface area contributed by atoms with Crippen LogP contribution in [0.15, 0.2) is 15.8 Å². The second-order valence-corrected chi connectivity index (χ2v) is 4.71. The molecule has 0 unspecified atom stereocenters. The number of halogens is 1. The lowest BCUT2D eigenvalue weighted by Gasteiger charge is -2.29. The number of H-pyrrole nitrogens is 1. The van der Waals surface area contributed by atoms with Crippen molar-refractivity contribution in [1.82, 2.24) is 14.5 Å². The van der Waals surface area contributed by atoms with Crippen LogP contribution < -0.4 is 11.2 Å². The Morgan fingerprint density at radius 1 is 1.38 bits per heavy atom. The molecule has 4 atom stereocenters. The number of nitrogens with zero attached hydrogens (tertiary/aromatic N) is 2. The molecule has 4 N–H and O–H groups in total. The van der Waals surface area contributed by atoms with E-state index in [1.54, 1.807) is 4.98 Å². The minimum Gasteiger partial charge on any atom is -0.394 e. The van der Waals surface area contributed by atoms with Gasteiger partial charge in [-0.2, -0.15) is 4.39 Å². The van der Waals surface area contributed by atoms with Gasteiger partial charge in [0.1, 0.15) is 18.4 Å². The van der Waals surface area contributed by atoms with Crippen molar-refractivity contribution < 1.29 is 24.5 Å². The zero-order valence-electron chi connectivity index (χ0n) is 10.9. The van der Waals surface area contributed by atoms with Crippen LogP contribution in [0.1, 0.15) is 13.1 Å². The fourth-order valence-electron chi connectivity index (χ4n) is 2.50. The number of hydrogen-bond donors (Lipinski definition) is 4. The molecule has 0 saturated carbocycles. The summed E-state index contributed by atoms with van der Waals surface area (Å²) in [5, 5.41) is 29.0. The number of aromatic nitrogens is 2. The molecule has 0 aliphatic carbocycles. The van der Waals surface area contributed by atoms with Gasteiger partial charge < -0.3 is 20.2 Å². The lowest BCUT2D eigenvalue weighted by molar-refractivity contribution is -0.136. The Balaban J connectivity index is 2.60. The molecule has 0 radical (unpaired) electrons. The van der Waals surface area contributed by atoms with Crippen LogP contribution >= 0.6 is 0 Å². The number of aliphatic hydroxyl groups is 3. The summed E-state index contributed by atoms with van der Waals surface area (Å²) in [4.78, 5) is 37.0. The first-order chi connectivity index (χ1) is 9.79. The molecule has 1 aromatic rings. The van der Waals surface area contributed by atoms with Gasteiger partial charge in [0, 0.05) is 6.92 Å². The fraction of sp³-hybridized carbons (Fsp3) is 0.545. The van der Waals surface area contributed by atoms with Crippen LogP contribution in [-0.2, 0) is 4.79 Å². The van der Waals surface area contributed by atoms with Crippen LogP contribution in [0.5, 0.6) is 0 Å². The molecular weight excluding hydrogens is 289 g/mol. The third-order valence-corrected chi connectivity index (χ3v) is 3.45. The van der Waals surface area contributed by atoms with Gasteiger partial charge in [0.2, 0.25) is 11.7 Å². The average Bonchev–Trinajstić information content (AvgIpc) is 2.66. The van der Waals surface area contributed by atoms with Gasteiger partial charge in [-0.1, -0.05) is 0 Å². The predicted octanol–water partition coefficient (Wildman–Crippen LogP) is -2.88. The quantitative estimate of drug-likeness (QED) is 0.463. The highest BCUT2D eigenvalue weighted by molar-refractivity contribution is 5.74. The van der Waals surface area contributed by atoms with E-state index in [2.05, 4.69) is 0 Å². The lowest BCUT2D eigenvalue weighted by Crippen LogP contribution is -2.46. The monoisotopic (exact) mass is 303 g/mol. The predicted molar refractivity (Wildman–Crippen MR) is 65.7 cm³/mol. The summed E-state index contributed by atoms with van der Waals surface area (Å²) in [5.41, 5.74) is -2.29. The Morgan fingerprint density at radius 3 is 2.52 bits per heavy atom. The summed E-state index contributed by atoms with van der Waals surface area (Å²) in [7, 11) is 0. The van der Waals surface area contributed by atoms with Crippen molar-refractivity contribution in [2.75, 3.05) is 6.61 Å². The van der Waals surface area contributed by atoms with Crippen molar-refractivity contribution in [2.45, 2.75) is 31.3 Å². The second-order valence-electron chi connectivity index (χ2n) is 4.71. The highest BCUT2D eigenvalue weighted by Gasteiger charge is 2.50. The van der Waals surface area contributed by atoms with E-state index in [1.807, 2.05) is 0 Å². The van der Waals surface area contributed by atoms with Crippen molar-refractivity contribution in [3.8, 4) is 0 Å². The molecule has 1 aliphatic heterocycles. The van der Waals surface area contributed by atoms with Crippen molar-refractivity contribution in [3.05, 3.63) is 32.9 Å². The Bertz CT molecular complexity index is 671. The Morgan fingerprint density at radius 2 is 2.00 bits per heavy atom. The first-order valence-electron chi connectivity index (χ1n) is 6.06. The molecule has 0 bridgehead atoms. The summed E-state index contributed by atoms with van der Waals surface area (Å²) in [5.74, 6) is -1.93. The van der Waals surface area contributed by atoms with Crippen LogP contribution in [-0.4, -0.2) is 60.5 Å². The summed E-state index contributed by atoms with van der Waals surface area (Å²) in [6.07, 6.45) is -4.05. The van der Waals surface area contributed by atoms with Gasteiger partial charge in [0.05, 0.1) is 18.8 Å². The van der Waals surface area contributed by atoms with Crippen LogP contribution in [0, 0.1) is 5.82 Å². The summed E-state index contributed by atoms with van der Waals surface area (Å²) < 4.78 is 13.9. The van der Waals surface area contributed by atoms with Gasteiger partial charge in [-0.05, 0) is 0 Å². The summed E-state index contributed by atoms with van der Waals surface area (Å²) in [6.45, 7) is 0.447. The zero-order valence-corrected chi connectivity index (χ0v) is 10.9. The lowest BCUT2D eigenvalue weighted by atomic mass is 10.1. The zero-order chi connectivity index (χ0) is 15.9. The molecule has 1 amide bonds. The fourth-order valence-corrected chi connectivity index (χ4v) is 2.50. The van der Waals surface area contributed by atoms with Gasteiger partial charge in [-0.3, -0.25) is 19.1 Å². The Labute approximate surface area is 116 Å². The second kappa shape index (κ2) is 5.39. The van der Waals surface area contributed by atoms with Crippen molar-refractivity contribution in [3.63, 3.8) is 0 Å². The number of aliphatic hydroxyl groups excluding tert-OH is 3. The van der Waals surface area contributed by atoms with E-state index >= 15 is 0 Å². The first-order valence-corrected chi connectivity index (χ1v) is 6.06. The molecule has 10 heteroatoms. The number of likely N-dealkylation sites (tertiary alicyclic amines) is 1. The van der Waals surface area contributed by atoms with Crippen LogP contribution in [0.3, 0.4) is 0 Å². The smallest absolute Gasteiger partial charge is 0.330 e. The number of nitrogens with one attached hydrogen (secondary N) is 1. The number of hydrogen-bond acceptors (Lipinski definition) is 6. The maximum atomic E-state index is 13.3. The molecule has 0 aromatic carbocycles. The molecule has 1 aromatic heterocycles. The molecule has 0 spiro atoms. The standard InChI is InChI=1S/C11H14FN3O6/c1-4(17)15-6(3-16)7(18)8(19)10(15)14-2-5(12)9(20)13-11(14)21/h2,6-8,10,16,18-19H,3H2,1H3,(H,13,20,21)/t6-,7-,8-,10+/m0/s1. The number of rotatable bonds is 2. The van der Waals surface area contributed by atoms with Crippen molar-refractivity contribution >= 4 is 5.91 Å². The van der Waals surface area contributed by atoms with E-state index in [9.17, 15) is 34.1 Å². The highest BCUT2D eigenvalue weighted by atomic mass is 19.1. The minimum atomic E-state index is -1.63. The Hall–Kier alpha value is -2.04. The van der Waals surface area contributed by atoms with Gasteiger partial charge >= 0.3 is 5.69 Å². The maximum absolute atomic E-state index is 13.3. The van der Waals surface area contributed by atoms with E-state index in [4.69, 9.17) is 0 Å². The van der Waals surface area contributed by atoms with Gasteiger partial charge in [-0.15, -0.1) is 0 Å². The summed E-state index contributed by atoms with van der Waals surface area (Å²) in [6, 6.07) is -1.15. The van der Waals surface area contributed by atoms with E-state index < -0.39 is 54.0 Å². The number of carbonyl (C=O) groups excluding carboxylic acids is 1. The van der Waals surface area contributed by atoms with E-state index in [0.29, 0.717) is 10.8 Å². The largest absolute Gasteiger partial charge is 0.394 e. The molecule has 21 heavy (non-hydrogen) atoms. The normalized spacial score (nSPS) is 28.9. The van der Waals surface area contributed by atoms with Gasteiger partial charge in [0.25, 0.3) is 5.56 Å². The Kier molecular flexibility index (Phi) is 3.94. The molecule has 2 rings (SSSR count). The molecule has 2 heterocycles. The van der Waals surface area contributed by atoms with Crippen LogP contribution in [0.25, 0.3) is 0 Å². The van der Waals surface area contributed by atoms with E-state index in [0.717, 1.165) is 11.8 Å². The van der Waals surface area contributed by atoms with Crippen molar-refractivity contribution in [1.29, 1.82) is 0 Å². The van der Waals surface area contributed by atoms with Gasteiger partial charge in [-0.25, -0.2) is 4.79 Å². The molecule has 9 nitrogen and oxygen atoms in total. The SMILES string of the molecule is CC(=O)N1[C@@H](CO)[C@H](O)[C@H](O)[C@@H]1n1cc(F)c(=O)[nH]c1=O. The third-order valence-electron chi connectivity index (χ3n) is 3.45. The number of amides is 1. The minimum absolute atomic E-state index is 0.539. The average molecular weight is 303 g/mol. The number of aromatic amines is 1. The van der Waals surface area contributed by atoms with Crippen molar-refractivity contribution in [2.24, 2.45) is 0 Å². The van der Waals surface area contributed by atoms with Gasteiger partial charge in [0.15, 0.2) is 0 Å². The van der Waals surface area contributed by atoms with Crippen LogP contribution in [0.4, 0.5) is 4.39 Å². The topological polar surface area (TPSA) is 136 Å². The maximum Gasteiger partial charge on any atom is 0.330 e. The molecule has 1 saturated heterocycles. The first kappa shape index (κ1) is 15.4. The summed E-state index contributed by atoms with van der Waals surface area (Å²) >= 11 is 0. The van der Waals surface area contributed by atoms with E-state index in [1.165, 1.54) is 0 Å². The van der Waals surface area contributed by atoms with Crippen LogP contribution in [0.2, 0.25) is 0 Å². The number of carbonyl (C=O) groups is 1.